The molecule has 1 aromatic carbocycles. The van der Waals surface area contributed by atoms with Gasteiger partial charge in [0.05, 0.1) is 16.7 Å². The van der Waals surface area contributed by atoms with Crippen LogP contribution in [0.15, 0.2) is 29.6 Å². The molecule has 0 radical (unpaired) electrons. The largest absolute Gasteiger partial charge is 0.486 e. The minimum absolute atomic E-state index is 0.0273. The Morgan fingerprint density at radius 3 is 2.89 bits per heavy atom. The average molecular weight is 278 g/mol. The van der Waals surface area contributed by atoms with Gasteiger partial charge < -0.3 is 4.74 Å². The summed E-state index contributed by atoms with van der Waals surface area (Å²) in [5, 5.41) is 13.5. The summed E-state index contributed by atoms with van der Waals surface area (Å²) in [5.41, 5.74) is 1.07. The molecule has 0 aliphatic carbocycles. The highest BCUT2D eigenvalue weighted by molar-refractivity contribution is 7.09. The standard InChI is InChI=1S/C13H14N2O3S/c1-9(2)12-8-19-13(14-12)7-18-11-5-3-4-10(6-11)15(16)17/h3-6,8-9H,7H2,1-2H3. The van der Waals surface area contributed by atoms with Crippen LogP contribution in [0.4, 0.5) is 5.69 Å². The van der Waals surface area contributed by atoms with Crippen LogP contribution >= 0.6 is 11.3 Å². The third-order valence-electron chi connectivity index (χ3n) is 2.55. The number of thiazole rings is 1. The molecule has 1 heterocycles. The number of hydrogen-bond donors (Lipinski definition) is 0. The number of aromatic nitrogens is 1. The fourth-order valence-corrected chi connectivity index (χ4v) is 2.36. The summed E-state index contributed by atoms with van der Waals surface area (Å²) in [6.07, 6.45) is 0. The first-order valence-corrected chi connectivity index (χ1v) is 6.76. The summed E-state index contributed by atoms with van der Waals surface area (Å²) in [6.45, 7) is 4.50. The highest BCUT2D eigenvalue weighted by Crippen LogP contribution is 2.22. The van der Waals surface area contributed by atoms with Gasteiger partial charge >= 0.3 is 0 Å². The smallest absolute Gasteiger partial charge is 0.273 e. The van der Waals surface area contributed by atoms with E-state index in [9.17, 15) is 10.1 Å². The lowest BCUT2D eigenvalue weighted by Gasteiger charge is -2.03. The van der Waals surface area contributed by atoms with Crippen molar-refractivity contribution in [3.8, 4) is 5.75 Å². The monoisotopic (exact) mass is 278 g/mol. The Labute approximate surface area is 115 Å². The molecule has 19 heavy (non-hydrogen) atoms. The Morgan fingerprint density at radius 1 is 1.47 bits per heavy atom. The van der Waals surface area contributed by atoms with Crippen molar-refractivity contribution in [2.24, 2.45) is 0 Å². The maximum Gasteiger partial charge on any atom is 0.273 e. The summed E-state index contributed by atoms with van der Waals surface area (Å²) in [6, 6.07) is 6.16. The third kappa shape index (κ3) is 3.51. The highest BCUT2D eigenvalue weighted by Gasteiger charge is 2.08. The number of nitro groups is 1. The van der Waals surface area contributed by atoms with Crippen LogP contribution in [0.2, 0.25) is 0 Å². The fraction of sp³-hybridized carbons (Fsp3) is 0.308. The lowest BCUT2D eigenvalue weighted by Crippen LogP contribution is -1.97. The van der Waals surface area contributed by atoms with E-state index in [1.165, 1.54) is 23.5 Å². The zero-order valence-electron chi connectivity index (χ0n) is 10.7. The fourth-order valence-electron chi connectivity index (χ4n) is 1.49. The van der Waals surface area contributed by atoms with Gasteiger partial charge in [0.15, 0.2) is 0 Å². The van der Waals surface area contributed by atoms with Crippen LogP contribution in [0, 0.1) is 10.1 Å². The van der Waals surface area contributed by atoms with Gasteiger partial charge in [-0.25, -0.2) is 4.98 Å². The zero-order chi connectivity index (χ0) is 13.8. The molecule has 100 valence electrons. The molecular weight excluding hydrogens is 264 g/mol. The van der Waals surface area contributed by atoms with Crippen molar-refractivity contribution in [3.63, 3.8) is 0 Å². The summed E-state index contributed by atoms with van der Waals surface area (Å²) in [7, 11) is 0. The van der Waals surface area contributed by atoms with E-state index in [2.05, 4.69) is 18.8 Å². The molecule has 0 spiro atoms. The van der Waals surface area contributed by atoms with E-state index < -0.39 is 4.92 Å². The minimum atomic E-state index is -0.437. The Kier molecular flexibility index (Phi) is 4.11. The van der Waals surface area contributed by atoms with Crippen LogP contribution < -0.4 is 4.74 Å². The van der Waals surface area contributed by atoms with Crippen LogP contribution in [-0.4, -0.2) is 9.91 Å². The van der Waals surface area contributed by atoms with Gasteiger partial charge in [-0.1, -0.05) is 19.9 Å². The third-order valence-corrected chi connectivity index (χ3v) is 3.39. The maximum absolute atomic E-state index is 10.6. The second-order valence-electron chi connectivity index (χ2n) is 4.36. The number of nitro benzene ring substituents is 1. The van der Waals surface area contributed by atoms with Gasteiger partial charge in [0.25, 0.3) is 5.69 Å². The predicted octanol–water partition coefficient (Wildman–Crippen LogP) is 3.75. The molecule has 2 aromatic rings. The normalized spacial score (nSPS) is 10.7. The molecule has 0 atom stereocenters. The van der Waals surface area contributed by atoms with Crippen LogP contribution in [0.1, 0.15) is 30.5 Å². The molecule has 1 aromatic heterocycles. The molecule has 0 unspecified atom stereocenters. The molecule has 0 saturated heterocycles. The number of rotatable bonds is 5. The molecule has 0 aliphatic heterocycles. The van der Waals surface area contributed by atoms with Gasteiger partial charge in [0, 0.05) is 11.4 Å². The first-order valence-electron chi connectivity index (χ1n) is 5.88. The number of non-ortho nitro benzene ring substituents is 1. The second kappa shape index (κ2) is 5.79. The molecular formula is C13H14N2O3S. The van der Waals surface area contributed by atoms with Gasteiger partial charge in [-0.15, -0.1) is 11.3 Å². The Balaban J connectivity index is 2.01. The predicted molar refractivity (Wildman–Crippen MR) is 73.6 cm³/mol. The number of benzene rings is 1. The topological polar surface area (TPSA) is 65.3 Å². The summed E-state index contributed by atoms with van der Waals surface area (Å²) in [5.74, 6) is 0.873. The van der Waals surface area contributed by atoms with Crippen molar-refractivity contribution in [2.75, 3.05) is 0 Å². The Bertz CT molecular complexity index is 581. The molecule has 2 rings (SSSR count). The van der Waals surface area contributed by atoms with E-state index in [1.807, 2.05) is 5.38 Å². The number of hydrogen-bond acceptors (Lipinski definition) is 5. The maximum atomic E-state index is 10.6. The lowest BCUT2D eigenvalue weighted by molar-refractivity contribution is -0.384. The molecule has 0 saturated carbocycles. The molecule has 6 heteroatoms. The first-order chi connectivity index (χ1) is 9.06. The van der Waals surface area contributed by atoms with Crippen LogP contribution in [0.3, 0.4) is 0 Å². The van der Waals surface area contributed by atoms with E-state index in [0.29, 0.717) is 18.3 Å². The van der Waals surface area contributed by atoms with Crippen LogP contribution in [0.5, 0.6) is 5.75 Å². The van der Waals surface area contributed by atoms with E-state index >= 15 is 0 Å². The van der Waals surface area contributed by atoms with E-state index in [-0.39, 0.29) is 5.69 Å². The number of nitrogens with zero attached hydrogens (tertiary/aromatic N) is 2. The SMILES string of the molecule is CC(C)c1csc(COc2cccc([N+](=O)[O-])c2)n1. The molecule has 0 N–H and O–H groups in total. The minimum Gasteiger partial charge on any atom is -0.486 e. The van der Waals surface area contributed by atoms with Gasteiger partial charge in [0.2, 0.25) is 0 Å². The summed E-state index contributed by atoms with van der Waals surface area (Å²) < 4.78 is 5.52. The summed E-state index contributed by atoms with van der Waals surface area (Å²) in [4.78, 5) is 14.7. The lowest BCUT2D eigenvalue weighted by atomic mass is 10.2. The van der Waals surface area contributed by atoms with Gasteiger partial charge in [-0.3, -0.25) is 10.1 Å². The highest BCUT2D eigenvalue weighted by atomic mass is 32.1. The number of ether oxygens (including phenoxy) is 1. The van der Waals surface area contributed by atoms with Gasteiger partial charge in [0.1, 0.15) is 17.4 Å². The second-order valence-corrected chi connectivity index (χ2v) is 5.31. The van der Waals surface area contributed by atoms with Crippen molar-refractivity contribution in [1.29, 1.82) is 0 Å². The first kappa shape index (κ1) is 13.5. The van der Waals surface area contributed by atoms with Gasteiger partial charge in [-0.2, -0.15) is 0 Å². The van der Waals surface area contributed by atoms with E-state index in [1.54, 1.807) is 12.1 Å². The van der Waals surface area contributed by atoms with Crippen LogP contribution in [-0.2, 0) is 6.61 Å². The van der Waals surface area contributed by atoms with Crippen molar-refractivity contribution < 1.29 is 9.66 Å². The zero-order valence-corrected chi connectivity index (χ0v) is 11.5. The molecule has 0 bridgehead atoms. The Hall–Kier alpha value is -1.95. The average Bonchev–Trinajstić information content (AvgIpc) is 2.85. The van der Waals surface area contributed by atoms with Gasteiger partial charge in [-0.05, 0) is 12.0 Å². The molecule has 0 fully saturated rings. The van der Waals surface area contributed by atoms with Crippen molar-refractivity contribution >= 4 is 17.0 Å². The molecule has 0 aliphatic rings. The van der Waals surface area contributed by atoms with Crippen LogP contribution in [0.25, 0.3) is 0 Å². The quantitative estimate of drug-likeness (QED) is 0.617. The summed E-state index contributed by atoms with van der Waals surface area (Å²) >= 11 is 1.54. The molecule has 0 amide bonds. The van der Waals surface area contributed by atoms with E-state index in [0.717, 1.165) is 10.7 Å². The Morgan fingerprint density at radius 2 is 2.26 bits per heavy atom. The van der Waals surface area contributed by atoms with E-state index in [4.69, 9.17) is 4.74 Å². The van der Waals surface area contributed by atoms with Crippen molar-refractivity contribution in [1.82, 2.24) is 4.98 Å². The van der Waals surface area contributed by atoms with Crippen molar-refractivity contribution in [2.45, 2.75) is 26.4 Å². The van der Waals surface area contributed by atoms with Crippen molar-refractivity contribution in [3.05, 3.63) is 50.5 Å². The molecule has 5 nitrogen and oxygen atoms in total.